The number of aromatic nitrogens is 2. The molecule has 0 fully saturated rings. The van der Waals surface area contributed by atoms with Gasteiger partial charge in [-0.25, -0.2) is 0 Å². The first-order valence-corrected chi connectivity index (χ1v) is 8.22. The molecule has 0 unspecified atom stereocenters. The molecule has 2 aromatic heterocycles. The molecule has 21 heavy (non-hydrogen) atoms. The van der Waals surface area contributed by atoms with Gasteiger partial charge < -0.3 is 4.37 Å². The third-order valence-electron chi connectivity index (χ3n) is 2.70. The average molecular weight is 329 g/mol. The summed E-state index contributed by atoms with van der Waals surface area (Å²) in [4.78, 5) is 12.1. The van der Waals surface area contributed by atoms with Crippen LogP contribution in [0, 0.1) is 6.92 Å². The van der Waals surface area contributed by atoms with E-state index in [1.165, 1.54) is 4.88 Å². The Morgan fingerprint density at radius 1 is 1.05 bits per heavy atom. The molecule has 3 nitrogen and oxygen atoms in total. The molecule has 2 rings (SSSR count). The molecule has 0 spiro atoms. The van der Waals surface area contributed by atoms with Gasteiger partial charge in [0.25, 0.3) is 0 Å². The SMILES string of the molecule is C.CC(C)(C)c1cc(=O)s[nH]1.Cc1cc(C(C)(C)C)sn1. The lowest BCUT2D eigenvalue weighted by molar-refractivity contribution is 0.575. The molecule has 0 aromatic carbocycles. The van der Waals surface area contributed by atoms with Crippen LogP contribution < -0.4 is 4.74 Å². The highest BCUT2D eigenvalue weighted by Gasteiger charge is 2.16. The van der Waals surface area contributed by atoms with Crippen molar-refractivity contribution in [2.24, 2.45) is 0 Å². The Morgan fingerprint density at radius 3 is 1.81 bits per heavy atom. The molecule has 0 saturated heterocycles. The molecule has 0 amide bonds. The number of hydrogen-bond acceptors (Lipinski definition) is 4. The summed E-state index contributed by atoms with van der Waals surface area (Å²) in [5.41, 5.74) is 2.49. The number of aryl methyl sites for hydroxylation is 1. The van der Waals surface area contributed by atoms with Gasteiger partial charge in [-0.3, -0.25) is 4.79 Å². The van der Waals surface area contributed by atoms with E-state index in [1.807, 2.05) is 6.92 Å². The van der Waals surface area contributed by atoms with Crippen LogP contribution in [0.4, 0.5) is 0 Å². The van der Waals surface area contributed by atoms with Crippen LogP contribution in [0.2, 0.25) is 0 Å². The number of rotatable bonds is 0. The predicted molar refractivity (Wildman–Crippen MR) is 95.9 cm³/mol. The highest BCUT2D eigenvalue weighted by atomic mass is 32.1. The Kier molecular flexibility index (Phi) is 7.03. The normalized spacial score (nSPS) is 11.4. The largest absolute Gasteiger partial charge is 0.311 e. The van der Waals surface area contributed by atoms with Crippen molar-refractivity contribution in [2.45, 2.75) is 66.7 Å². The molecule has 0 saturated carbocycles. The minimum Gasteiger partial charge on any atom is -0.311 e. The molecule has 0 aliphatic heterocycles. The number of nitrogens with zero attached hydrogens (tertiary/aromatic N) is 1. The Labute approximate surface area is 136 Å². The summed E-state index contributed by atoms with van der Waals surface area (Å²) >= 11 is 2.76. The monoisotopic (exact) mass is 328 g/mol. The molecule has 0 aliphatic carbocycles. The summed E-state index contributed by atoms with van der Waals surface area (Å²) < 4.78 is 7.30. The quantitative estimate of drug-likeness (QED) is 0.729. The van der Waals surface area contributed by atoms with Gasteiger partial charge in [0.15, 0.2) is 0 Å². The first-order valence-electron chi connectivity index (χ1n) is 6.63. The van der Waals surface area contributed by atoms with E-state index < -0.39 is 0 Å². The van der Waals surface area contributed by atoms with Crippen molar-refractivity contribution in [3.8, 4) is 0 Å². The van der Waals surface area contributed by atoms with Crippen LogP contribution in [-0.2, 0) is 10.8 Å². The van der Waals surface area contributed by atoms with Crippen LogP contribution in [0.25, 0.3) is 0 Å². The maximum absolute atomic E-state index is 10.7. The van der Waals surface area contributed by atoms with Crippen molar-refractivity contribution < 1.29 is 0 Å². The number of H-pyrrole nitrogens is 1. The molecule has 5 heteroatoms. The molecule has 0 radical (unpaired) electrons. The second kappa shape index (κ2) is 7.36. The number of nitrogens with one attached hydrogen (secondary N) is 1. The third-order valence-corrected chi connectivity index (χ3v) is 4.65. The highest BCUT2D eigenvalue weighted by Crippen LogP contribution is 2.25. The van der Waals surface area contributed by atoms with Gasteiger partial charge in [0.1, 0.15) is 0 Å². The van der Waals surface area contributed by atoms with E-state index in [2.05, 4.69) is 56.4 Å². The lowest BCUT2D eigenvalue weighted by Gasteiger charge is -2.14. The first kappa shape index (κ1) is 20.1. The molecule has 0 atom stereocenters. The summed E-state index contributed by atoms with van der Waals surface area (Å²) in [5, 5.41) is 0. The van der Waals surface area contributed by atoms with Crippen LogP contribution >= 0.6 is 23.1 Å². The zero-order valence-electron chi connectivity index (χ0n) is 13.3. The Bertz CT molecular complexity index is 595. The van der Waals surface area contributed by atoms with E-state index in [0.717, 1.165) is 22.9 Å². The van der Waals surface area contributed by atoms with E-state index in [9.17, 15) is 4.79 Å². The van der Waals surface area contributed by atoms with E-state index in [0.29, 0.717) is 0 Å². The minimum absolute atomic E-state index is 0. The van der Waals surface area contributed by atoms with Gasteiger partial charge in [0, 0.05) is 22.1 Å². The molecular weight excluding hydrogens is 300 g/mol. The van der Waals surface area contributed by atoms with Gasteiger partial charge in [-0.2, -0.15) is 4.37 Å². The number of hydrogen-bond donors (Lipinski definition) is 1. The van der Waals surface area contributed by atoms with Crippen LogP contribution in [0.5, 0.6) is 0 Å². The Balaban J connectivity index is 0.000000364. The zero-order chi connectivity index (χ0) is 15.6. The van der Waals surface area contributed by atoms with Gasteiger partial charge in [0.05, 0.1) is 5.69 Å². The third kappa shape index (κ3) is 6.57. The highest BCUT2D eigenvalue weighted by molar-refractivity contribution is 7.06. The summed E-state index contributed by atoms with van der Waals surface area (Å²) in [6, 6.07) is 3.81. The minimum atomic E-state index is 0. The Hall–Kier alpha value is -0.940. The topological polar surface area (TPSA) is 45.8 Å². The standard InChI is InChI=1S/C8H13NS.C7H11NOS.CH4/c1-6-5-7(10-9-6)8(2,3)4;1-7(2,3)5-4-6(9)10-8-5;/h5H,1-4H3;4,8H,1-3H3;1H4. The van der Waals surface area contributed by atoms with Crippen LogP contribution in [0.3, 0.4) is 0 Å². The second-order valence-corrected chi connectivity index (χ2v) is 8.53. The zero-order valence-corrected chi connectivity index (χ0v) is 15.0. The maximum Gasteiger partial charge on any atom is 0.249 e. The number of aromatic amines is 1. The second-order valence-electron chi connectivity index (χ2n) is 6.91. The lowest BCUT2D eigenvalue weighted by Crippen LogP contribution is -2.11. The molecule has 0 bridgehead atoms. The molecule has 120 valence electrons. The molecule has 2 heterocycles. The summed E-state index contributed by atoms with van der Waals surface area (Å²) in [7, 11) is 0. The molecule has 0 aliphatic rings. The smallest absolute Gasteiger partial charge is 0.249 e. The molecular formula is C16H28N2OS2. The van der Waals surface area contributed by atoms with E-state index >= 15 is 0 Å². The van der Waals surface area contributed by atoms with Crippen LogP contribution in [-0.4, -0.2) is 8.75 Å². The fraction of sp³-hybridized carbons (Fsp3) is 0.625. The van der Waals surface area contributed by atoms with Crippen molar-refractivity contribution in [3.63, 3.8) is 0 Å². The van der Waals surface area contributed by atoms with Crippen LogP contribution in [0.1, 0.15) is 65.2 Å². The van der Waals surface area contributed by atoms with Gasteiger partial charge >= 0.3 is 0 Å². The molecule has 1 N–H and O–H groups in total. The van der Waals surface area contributed by atoms with Crippen molar-refractivity contribution in [1.82, 2.24) is 8.75 Å². The van der Waals surface area contributed by atoms with E-state index in [4.69, 9.17) is 0 Å². The lowest BCUT2D eigenvalue weighted by atomic mass is 9.93. The summed E-state index contributed by atoms with van der Waals surface area (Å²) in [6.07, 6.45) is 0. The fourth-order valence-corrected chi connectivity index (χ4v) is 2.91. The van der Waals surface area contributed by atoms with Crippen LogP contribution in [0.15, 0.2) is 16.9 Å². The first-order chi connectivity index (χ1) is 9.00. The predicted octanol–water partition coefficient (Wildman–Crippen LogP) is 5.12. The van der Waals surface area contributed by atoms with E-state index in [-0.39, 0.29) is 23.0 Å². The van der Waals surface area contributed by atoms with Gasteiger partial charge in [-0.15, -0.1) is 0 Å². The van der Waals surface area contributed by atoms with Gasteiger partial charge in [-0.1, -0.05) is 49.0 Å². The fourth-order valence-electron chi connectivity index (χ4n) is 1.37. The van der Waals surface area contributed by atoms with Crippen molar-refractivity contribution in [2.75, 3.05) is 0 Å². The average Bonchev–Trinajstić information content (AvgIpc) is 2.85. The van der Waals surface area contributed by atoms with Crippen molar-refractivity contribution in [1.29, 1.82) is 0 Å². The van der Waals surface area contributed by atoms with Gasteiger partial charge in [-0.05, 0) is 41.5 Å². The van der Waals surface area contributed by atoms with Crippen molar-refractivity contribution >= 4 is 23.1 Å². The summed E-state index contributed by atoms with van der Waals surface area (Å²) in [5.74, 6) is 0. The van der Waals surface area contributed by atoms with Gasteiger partial charge in [0.2, 0.25) is 4.74 Å². The maximum atomic E-state index is 10.7. The summed E-state index contributed by atoms with van der Waals surface area (Å²) in [6.45, 7) is 14.9. The van der Waals surface area contributed by atoms with Crippen molar-refractivity contribution in [3.05, 3.63) is 37.9 Å². The van der Waals surface area contributed by atoms with E-state index in [1.54, 1.807) is 17.6 Å². The molecule has 2 aromatic rings. The Morgan fingerprint density at radius 2 is 1.62 bits per heavy atom.